The van der Waals surface area contributed by atoms with Gasteiger partial charge in [0, 0.05) is 34.4 Å². The van der Waals surface area contributed by atoms with Crippen molar-refractivity contribution in [2.45, 2.75) is 51.2 Å². The Balaban J connectivity index is 1.62. The minimum atomic E-state index is -1.98. The van der Waals surface area contributed by atoms with Gasteiger partial charge < -0.3 is 9.74 Å². The Labute approximate surface area is 201 Å². The van der Waals surface area contributed by atoms with Gasteiger partial charge in [0.05, 0.1) is 12.0 Å². The first-order chi connectivity index (χ1) is 15.4. The number of carbonyl (C=O) groups is 1. The highest BCUT2D eigenvalue weighted by Crippen LogP contribution is 2.42. The van der Waals surface area contributed by atoms with Crippen LogP contribution in [0.15, 0.2) is 42.7 Å². The molecule has 1 unspecified atom stereocenters. The van der Waals surface area contributed by atoms with Crippen molar-refractivity contribution in [2.75, 3.05) is 11.9 Å². The van der Waals surface area contributed by atoms with Gasteiger partial charge in [0.25, 0.3) is 0 Å². The lowest BCUT2D eigenvalue weighted by molar-refractivity contribution is -0.121. The summed E-state index contributed by atoms with van der Waals surface area (Å²) in [6.07, 6.45) is 3.42. The summed E-state index contributed by atoms with van der Waals surface area (Å²) in [6.45, 7) is 13.3. The number of hydrogen-bond acceptors (Lipinski definition) is 4. The van der Waals surface area contributed by atoms with E-state index in [2.05, 4.69) is 61.0 Å². The molecular weight excluding hydrogens is 450 g/mol. The van der Waals surface area contributed by atoms with Crippen molar-refractivity contribution in [3.05, 3.63) is 64.7 Å². The van der Waals surface area contributed by atoms with E-state index in [0.717, 1.165) is 27.6 Å². The predicted molar refractivity (Wildman–Crippen MR) is 136 cm³/mol. The van der Waals surface area contributed by atoms with Crippen LogP contribution in [0.2, 0.25) is 23.3 Å². The Kier molecular flexibility index (Phi) is 5.86. The minimum Gasteiger partial charge on any atom is -0.415 e. The van der Waals surface area contributed by atoms with Crippen molar-refractivity contribution >= 4 is 42.3 Å². The number of halogens is 1. The lowest BCUT2D eigenvalue weighted by atomic mass is 9.84. The number of hydrogen-bond donors (Lipinski definition) is 1. The molecule has 0 saturated heterocycles. The van der Waals surface area contributed by atoms with E-state index in [1.54, 1.807) is 18.5 Å². The van der Waals surface area contributed by atoms with Crippen LogP contribution in [0.4, 0.5) is 5.69 Å². The van der Waals surface area contributed by atoms with Crippen molar-refractivity contribution in [3.8, 4) is 11.8 Å². The molecule has 0 spiro atoms. The van der Waals surface area contributed by atoms with E-state index in [9.17, 15) is 4.79 Å². The van der Waals surface area contributed by atoms with Gasteiger partial charge in [0.1, 0.15) is 10.8 Å². The van der Waals surface area contributed by atoms with E-state index in [4.69, 9.17) is 16.0 Å². The molecule has 2 aromatic heterocycles. The van der Waals surface area contributed by atoms with Crippen LogP contribution in [0.25, 0.3) is 10.8 Å². The maximum absolute atomic E-state index is 12.9. The van der Waals surface area contributed by atoms with Crippen LogP contribution in [0.5, 0.6) is 0 Å². The molecule has 170 valence electrons. The highest BCUT2D eigenvalue weighted by molar-refractivity contribution is 6.74. The number of amides is 1. The largest absolute Gasteiger partial charge is 0.415 e. The van der Waals surface area contributed by atoms with Crippen LogP contribution in [-0.2, 0) is 14.6 Å². The molecule has 1 amide bonds. The lowest BCUT2D eigenvalue weighted by Gasteiger charge is -2.38. The number of fused-ring (bicyclic) bond motifs is 2. The maximum Gasteiger partial charge on any atom is 0.237 e. The molecule has 3 heterocycles. The maximum atomic E-state index is 12.9. The second-order valence-corrected chi connectivity index (χ2v) is 15.4. The zero-order chi connectivity index (χ0) is 24.0. The molecular formula is C26H28ClN3O2Si. The number of rotatable bonds is 3. The molecule has 33 heavy (non-hydrogen) atoms. The van der Waals surface area contributed by atoms with Gasteiger partial charge in [-0.05, 0) is 60.8 Å². The third kappa shape index (κ3) is 4.41. The van der Waals surface area contributed by atoms with Crippen LogP contribution in [0.1, 0.15) is 44.5 Å². The number of benzene rings is 1. The number of carbonyl (C=O) groups excluding carboxylic acids is 1. The van der Waals surface area contributed by atoms with E-state index < -0.39 is 13.7 Å². The number of anilines is 1. The lowest BCUT2D eigenvalue weighted by Crippen LogP contribution is -2.46. The number of pyridine rings is 2. The number of nitrogens with one attached hydrogen (secondary N) is 1. The molecule has 4 rings (SSSR count). The first-order valence-corrected chi connectivity index (χ1v) is 14.2. The van der Waals surface area contributed by atoms with Crippen molar-refractivity contribution < 1.29 is 9.22 Å². The van der Waals surface area contributed by atoms with Gasteiger partial charge in [-0.25, -0.2) is 9.97 Å². The van der Waals surface area contributed by atoms with Crippen molar-refractivity contribution in [1.29, 1.82) is 0 Å². The Morgan fingerprint density at radius 2 is 1.91 bits per heavy atom. The van der Waals surface area contributed by atoms with E-state index in [-0.39, 0.29) is 10.9 Å². The highest BCUT2D eigenvalue weighted by Gasteiger charge is 2.46. The summed E-state index contributed by atoms with van der Waals surface area (Å²) in [5.41, 5.74) is 2.43. The molecule has 3 aromatic rings. The molecule has 0 bridgehead atoms. The molecule has 1 aromatic carbocycles. The van der Waals surface area contributed by atoms with E-state index >= 15 is 0 Å². The summed E-state index contributed by atoms with van der Waals surface area (Å²) in [5.74, 6) is 6.26. The van der Waals surface area contributed by atoms with E-state index in [1.807, 2.05) is 31.2 Å². The molecule has 1 atom stereocenters. The van der Waals surface area contributed by atoms with Crippen molar-refractivity contribution in [1.82, 2.24) is 9.97 Å². The van der Waals surface area contributed by atoms with Crippen molar-refractivity contribution in [3.63, 3.8) is 0 Å². The van der Waals surface area contributed by atoms with Crippen LogP contribution >= 0.6 is 11.6 Å². The van der Waals surface area contributed by atoms with Gasteiger partial charge in [-0.2, -0.15) is 0 Å². The Morgan fingerprint density at radius 1 is 1.15 bits per heavy atom. The SMILES string of the molecule is CC1(CO[Si](C)(C)C(C)(C)C)C(=O)Nc2cc(C#Cc3nccc4cnc(Cl)cc34)ccc21. The zero-order valence-electron chi connectivity index (χ0n) is 19.8. The zero-order valence-corrected chi connectivity index (χ0v) is 21.6. The van der Waals surface area contributed by atoms with Gasteiger partial charge in [0.15, 0.2) is 8.32 Å². The molecule has 1 aliphatic heterocycles. The molecule has 7 heteroatoms. The third-order valence-electron chi connectivity index (χ3n) is 6.83. The van der Waals surface area contributed by atoms with Crippen LogP contribution in [0.3, 0.4) is 0 Å². The topological polar surface area (TPSA) is 64.1 Å². The van der Waals surface area contributed by atoms with Crippen LogP contribution in [-0.4, -0.2) is 30.8 Å². The second-order valence-electron chi connectivity index (χ2n) is 10.2. The first kappa shape index (κ1) is 23.4. The Bertz CT molecular complexity index is 1320. The van der Waals surface area contributed by atoms with E-state index in [1.165, 1.54) is 0 Å². The Hall–Kier alpha value is -2.72. The van der Waals surface area contributed by atoms with Gasteiger partial charge in [-0.3, -0.25) is 4.79 Å². The normalized spacial score (nSPS) is 18.0. The van der Waals surface area contributed by atoms with Gasteiger partial charge >= 0.3 is 0 Å². The summed E-state index contributed by atoms with van der Waals surface area (Å²) in [6, 6.07) is 9.48. The first-order valence-electron chi connectivity index (χ1n) is 10.9. The number of aromatic nitrogens is 2. The molecule has 0 radical (unpaired) electrons. The molecule has 1 N–H and O–H groups in total. The molecule has 0 fully saturated rings. The molecule has 0 saturated carbocycles. The highest BCUT2D eigenvalue weighted by atomic mass is 35.5. The Morgan fingerprint density at radius 3 is 2.64 bits per heavy atom. The summed E-state index contributed by atoms with van der Waals surface area (Å²) >= 11 is 6.06. The smallest absolute Gasteiger partial charge is 0.237 e. The van der Waals surface area contributed by atoms with Gasteiger partial charge in [0.2, 0.25) is 5.91 Å². The molecule has 0 aliphatic carbocycles. The monoisotopic (exact) mass is 477 g/mol. The van der Waals surface area contributed by atoms with E-state index in [0.29, 0.717) is 17.5 Å². The summed E-state index contributed by atoms with van der Waals surface area (Å²) in [7, 11) is -1.98. The van der Waals surface area contributed by atoms with Gasteiger partial charge in [-0.15, -0.1) is 0 Å². The average molecular weight is 478 g/mol. The average Bonchev–Trinajstić information content (AvgIpc) is 3.00. The fourth-order valence-corrected chi connectivity index (χ4v) is 4.79. The van der Waals surface area contributed by atoms with Crippen molar-refractivity contribution in [2.24, 2.45) is 0 Å². The molecule has 1 aliphatic rings. The van der Waals surface area contributed by atoms with Crippen LogP contribution < -0.4 is 5.32 Å². The summed E-state index contributed by atoms with van der Waals surface area (Å²) < 4.78 is 6.42. The summed E-state index contributed by atoms with van der Waals surface area (Å²) in [4.78, 5) is 21.5. The third-order valence-corrected chi connectivity index (χ3v) is 11.5. The summed E-state index contributed by atoms with van der Waals surface area (Å²) in [5, 5.41) is 5.29. The predicted octanol–water partition coefficient (Wildman–Crippen LogP) is 5.91. The molecule has 5 nitrogen and oxygen atoms in total. The fourth-order valence-electron chi connectivity index (χ4n) is 3.54. The minimum absolute atomic E-state index is 0.0424. The quantitative estimate of drug-likeness (QED) is 0.289. The number of nitrogens with zero attached hydrogens (tertiary/aromatic N) is 2. The van der Waals surface area contributed by atoms with Crippen LogP contribution in [0, 0.1) is 11.8 Å². The standard InChI is InChI=1S/C26H28ClN3O2Si/c1-25(2,3)33(5,6)32-16-26(4)20-9-7-17(13-22(20)30-24(26)31)8-10-21-19-14-23(27)29-15-18(19)11-12-28-21/h7,9,11-15H,16H2,1-6H3,(H,30,31). The fraction of sp³-hybridized carbons (Fsp3) is 0.346. The second kappa shape index (κ2) is 8.25. The van der Waals surface area contributed by atoms with Gasteiger partial charge in [-0.1, -0.05) is 44.4 Å².